The van der Waals surface area contributed by atoms with Gasteiger partial charge in [-0.2, -0.15) is 0 Å². The summed E-state index contributed by atoms with van der Waals surface area (Å²) in [6, 6.07) is 0.449. The Morgan fingerprint density at radius 1 is 1.32 bits per heavy atom. The second kappa shape index (κ2) is 4.60. The lowest BCUT2D eigenvalue weighted by Gasteiger charge is -2.63. The summed E-state index contributed by atoms with van der Waals surface area (Å²) < 4.78 is 0. The third kappa shape index (κ3) is 2.27. The largest absolute Gasteiger partial charge is 0.271 e. The number of nitrogens with one attached hydrogen (secondary N) is 1. The zero-order valence-corrected chi connectivity index (χ0v) is 12.7. The van der Waals surface area contributed by atoms with Crippen LogP contribution in [0, 0.1) is 22.7 Å². The topological polar surface area (TPSA) is 38.0 Å². The average molecular weight is 262 g/mol. The van der Waals surface area contributed by atoms with E-state index in [2.05, 4.69) is 25.9 Å². The maximum atomic E-state index is 5.95. The van der Waals surface area contributed by atoms with Crippen LogP contribution in [0.25, 0.3) is 0 Å². The summed E-state index contributed by atoms with van der Waals surface area (Å²) in [6.45, 7) is 8.94. The van der Waals surface area contributed by atoms with E-state index in [4.69, 9.17) is 5.84 Å². The number of hydrazine groups is 1. The molecule has 4 aliphatic carbocycles. The maximum absolute atomic E-state index is 5.95. The number of hydrogen-bond acceptors (Lipinski definition) is 2. The standard InChI is InChI=1S/C17H30N2/c1-4-12(2)5-15(19-18)17-9-13-6-14(10-17)8-16(3,7-13)11-17/h13-15,19H,2,4-11,18H2,1,3H3. The Morgan fingerprint density at radius 2 is 1.95 bits per heavy atom. The van der Waals surface area contributed by atoms with Gasteiger partial charge in [-0.25, -0.2) is 0 Å². The molecule has 0 aromatic carbocycles. The molecule has 4 saturated carbocycles. The summed E-state index contributed by atoms with van der Waals surface area (Å²) in [5.74, 6) is 7.89. The fraction of sp³-hybridized carbons (Fsp3) is 0.882. The number of hydrogen-bond donors (Lipinski definition) is 2. The van der Waals surface area contributed by atoms with E-state index in [0.29, 0.717) is 16.9 Å². The van der Waals surface area contributed by atoms with Gasteiger partial charge in [0.15, 0.2) is 0 Å². The third-order valence-electron chi connectivity index (χ3n) is 6.33. The molecule has 0 saturated heterocycles. The number of nitrogens with two attached hydrogens (primary N) is 1. The molecule has 0 aromatic heterocycles. The van der Waals surface area contributed by atoms with Crippen LogP contribution in [0.3, 0.4) is 0 Å². The van der Waals surface area contributed by atoms with E-state index >= 15 is 0 Å². The van der Waals surface area contributed by atoms with Gasteiger partial charge in [0.2, 0.25) is 0 Å². The monoisotopic (exact) mass is 262 g/mol. The van der Waals surface area contributed by atoms with Crippen molar-refractivity contribution in [2.45, 2.75) is 71.3 Å². The second-order valence-electron chi connectivity index (χ2n) is 8.16. The Balaban J connectivity index is 1.83. The number of rotatable bonds is 5. The molecule has 0 aliphatic heterocycles. The van der Waals surface area contributed by atoms with Crippen molar-refractivity contribution in [2.24, 2.45) is 28.5 Å². The Bertz CT molecular complexity index is 359. The van der Waals surface area contributed by atoms with Crippen molar-refractivity contribution in [3.8, 4) is 0 Å². The maximum Gasteiger partial charge on any atom is 0.0304 e. The van der Waals surface area contributed by atoms with Crippen LogP contribution < -0.4 is 11.3 Å². The molecule has 4 rings (SSSR count). The van der Waals surface area contributed by atoms with Crippen molar-refractivity contribution < 1.29 is 0 Å². The van der Waals surface area contributed by atoms with Crippen LogP contribution in [0.5, 0.6) is 0 Å². The minimum absolute atomic E-state index is 0.449. The van der Waals surface area contributed by atoms with Crippen LogP contribution in [0.4, 0.5) is 0 Å². The molecular formula is C17H30N2. The average Bonchev–Trinajstić information content (AvgIpc) is 2.32. The zero-order valence-electron chi connectivity index (χ0n) is 12.7. The van der Waals surface area contributed by atoms with Gasteiger partial charge in [-0.3, -0.25) is 11.3 Å². The quantitative estimate of drug-likeness (QED) is 0.449. The SMILES string of the molecule is C=C(CC)CC(NN)C12CC3CC(CC(C)(C3)C1)C2. The van der Waals surface area contributed by atoms with E-state index in [0.717, 1.165) is 24.7 Å². The van der Waals surface area contributed by atoms with Gasteiger partial charge in [-0.1, -0.05) is 26.0 Å². The molecule has 2 nitrogen and oxygen atoms in total. The van der Waals surface area contributed by atoms with Crippen LogP contribution in [-0.2, 0) is 0 Å². The van der Waals surface area contributed by atoms with E-state index in [-0.39, 0.29) is 0 Å². The van der Waals surface area contributed by atoms with Gasteiger partial charge >= 0.3 is 0 Å². The van der Waals surface area contributed by atoms with Crippen molar-refractivity contribution in [1.29, 1.82) is 0 Å². The van der Waals surface area contributed by atoms with Gasteiger partial charge in [-0.05, 0) is 74.0 Å². The summed E-state index contributed by atoms with van der Waals surface area (Å²) in [5.41, 5.74) is 5.60. The third-order valence-corrected chi connectivity index (χ3v) is 6.33. The highest BCUT2D eigenvalue weighted by atomic mass is 15.2. The lowest BCUT2D eigenvalue weighted by atomic mass is 9.43. The van der Waals surface area contributed by atoms with Crippen molar-refractivity contribution in [1.82, 2.24) is 5.43 Å². The first-order chi connectivity index (χ1) is 8.98. The van der Waals surface area contributed by atoms with Crippen LogP contribution in [0.2, 0.25) is 0 Å². The molecule has 3 unspecified atom stereocenters. The van der Waals surface area contributed by atoms with Gasteiger partial charge in [0.05, 0.1) is 0 Å². The highest BCUT2D eigenvalue weighted by Crippen LogP contribution is 2.66. The van der Waals surface area contributed by atoms with Crippen LogP contribution in [0.15, 0.2) is 12.2 Å². The molecule has 0 heterocycles. The van der Waals surface area contributed by atoms with E-state index in [1.807, 2.05) is 0 Å². The molecule has 4 bridgehead atoms. The van der Waals surface area contributed by atoms with Crippen LogP contribution >= 0.6 is 0 Å². The molecule has 0 aromatic rings. The Morgan fingerprint density at radius 3 is 2.42 bits per heavy atom. The lowest BCUT2D eigenvalue weighted by Crippen LogP contribution is -2.59. The molecular weight excluding hydrogens is 232 g/mol. The van der Waals surface area contributed by atoms with Crippen molar-refractivity contribution in [2.75, 3.05) is 0 Å². The highest BCUT2D eigenvalue weighted by Gasteiger charge is 2.58. The first-order valence-electron chi connectivity index (χ1n) is 8.11. The molecule has 4 aliphatic rings. The van der Waals surface area contributed by atoms with Crippen molar-refractivity contribution >= 4 is 0 Å². The zero-order chi connectivity index (χ0) is 13.7. The normalized spacial score (nSPS) is 45.4. The summed E-state index contributed by atoms with van der Waals surface area (Å²) in [5, 5.41) is 0. The van der Waals surface area contributed by atoms with E-state index in [9.17, 15) is 0 Å². The highest BCUT2D eigenvalue weighted by molar-refractivity contribution is 5.12. The van der Waals surface area contributed by atoms with Crippen LogP contribution in [-0.4, -0.2) is 6.04 Å². The summed E-state index contributed by atoms with van der Waals surface area (Å²) >= 11 is 0. The van der Waals surface area contributed by atoms with Gasteiger partial charge in [0, 0.05) is 6.04 Å². The lowest BCUT2D eigenvalue weighted by molar-refractivity contribution is -0.118. The fourth-order valence-electron chi connectivity index (χ4n) is 6.09. The molecule has 0 spiro atoms. The molecule has 19 heavy (non-hydrogen) atoms. The summed E-state index contributed by atoms with van der Waals surface area (Å²) in [7, 11) is 0. The molecule has 0 radical (unpaired) electrons. The van der Waals surface area contributed by atoms with E-state index in [1.54, 1.807) is 0 Å². The molecule has 3 N–H and O–H groups in total. The second-order valence-corrected chi connectivity index (χ2v) is 8.16. The van der Waals surface area contributed by atoms with Gasteiger partial charge in [0.1, 0.15) is 0 Å². The fourth-order valence-corrected chi connectivity index (χ4v) is 6.09. The summed E-state index contributed by atoms with van der Waals surface area (Å²) in [6.07, 6.45) is 10.8. The smallest absolute Gasteiger partial charge is 0.0304 e. The first kappa shape index (κ1) is 13.6. The summed E-state index contributed by atoms with van der Waals surface area (Å²) in [4.78, 5) is 0. The first-order valence-corrected chi connectivity index (χ1v) is 8.11. The molecule has 2 heteroatoms. The van der Waals surface area contributed by atoms with Gasteiger partial charge in [0.25, 0.3) is 0 Å². The molecule has 108 valence electrons. The Hall–Kier alpha value is -0.340. The predicted molar refractivity (Wildman–Crippen MR) is 80.4 cm³/mol. The van der Waals surface area contributed by atoms with E-state index < -0.39 is 0 Å². The molecule has 0 amide bonds. The minimum atomic E-state index is 0.449. The van der Waals surface area contributed by atoms with Crippen molar-refractivity contribution in [3.63, 3.8) is 0 Å². The van der Waals surface area contributed by atoms with Crippen molar-refractivity contribution in [3.05, 3.63) is 12.2 Å². The minimum Gasteiger partial charge on any atom is -0.271 e. The Labute approximate surface area is 118 Å². The van der Waals surface area contributed by atoms with Gasteiger partial charge in [-0.15, -0.1) is 0 Å². The molecule has 4 fully saturated rings. The predicted octanol–water partition coefficient (Wildman–Crippen LogP) is 3.78. The van der Waals surface area contributed by atoms with E-state index in [1.165, 1.54) is 44.1 Å². The Kier molecular flexibility index (Phi) is 3.30. The van der Waals surface area contributed by atoms with Gasteiger partial charge < -0.3 is 0 Å². The molecule has 3 atom stereocenters. The van der Waals surface area contributed by atoms with Crippen LogP contribution in [0.1, 0.15) is 65.2 Å².